The zero-order chi connectivity index (χ0) is 20.7. The number of anilines is 2. The van der Waals surface area contributed by atoms with Crippen molar-refractivity contribution in [3.8, 4) is 5.69 Å². The zero-order valence-electron chi connectivity index (χ0n) is 15.4. The van der Waals surface area contributed by atoms with E-state index in [-0.39, 0.29) is 22.9 Å². The molecular formula is C21H16N4O4. The van der Waals surface area contributed by atoms with Crippen LogP contribution < -0.4 is 21.5 Å². The van der Waals surface area contributed by atoms with Gasteiger partial charge in [0.05, 0.1) is 16.8 Å². The normalized spacial score (nSPS) is 12.4. The summed E-state index contributed by atoms with van der Waals surface area (Å²) in [6.45, 7) is 0. The van der Waals surface area contributed by atoms with E-state index in [4.69, 9.17) is 5.73 Å². The van der Waals surface area contributed by atoms with Crippen LogP contribution in [0.1, 0.15) is 31.1 Å². The van der Waals surface area contributed by atoms with Crippen LogP contribution in [0.15, 0.2) is 65.5 Å². The molecule has 0 atom stereocenters. The monoisotopic (exact) mass is 388 g/mol. The molecule has 0 fully saturated rings. The number of nitrogen functional groups attached to an aromatic ring is 1. The van der Waals surface area contributed by atoms with Gasteiger partial charge in [-0.15, -0.1) is 0 Å². The summed E-state index contributed by atoms with van der Waals surface area (Å²) in [6, 6.07) is 16.5. The number of nitrogens with one attached hydrogen (secondary N) is 1. The van der Waals surface area contributed by atoms with Gasteiger partial charge in [0.25, 0.3) is 23.3 Å². The summed E-state index contributed by atoms with van der Waals surface area (Å²) in [6.07, 6.45) is 0. The van der Waals surface area contributed by atoms with Crippen LogP contribution >= 0.6 is 0 Å². The van der Waals surface area contributed by atoms with Crippen molar-refractivity contribution in [2.75, 3.05) is 17.7 Å². The molecule has 0 aliphatic carbocycles. The minimum atomic E-state index is -0.647. The molecule has 1 aliphatic rings. The summed E-state index contributed by atoms with van der Waals surface area (Å²) in [7, 11) is 1.67. The number of imide groups is 1. The van der Waals surface area contributed by atoms with E-state index >= 15 is 0 Å². The standard InChI is InChI=1S/C21H16N4O4/c1-24(13-5-3-2-4-6-13)21(29)12-7-9-14(10-8-12)25-16(26)11-15-17(18(25)22)20(28)23-19(15)27/h2-11H,22H2,1H3,(H,23,27,28). The number of hydrogen-bond donors (Lipinski definition) is 2. The molecule has 3 N–H and O–H groups in total. The molecule has 1 aromatic heterocycles. The fourth-order valence-corrected chi connectivity index (χ4v) is 3.26. The largest absolute Gasteiger partial charge is 0.384 e. The minimum absolute atomic E-state index is 0.0291. The second-order valence-electron chi connectivity index (χ2n) is 6.52. The van der Waals surface area contributed by atoms with E-state index in [1.54, 1.807) is 31.3 Å². The zero-order valence-corrected chi connectivity index (χ0v) is 15.4. The first-order valence-corrected chi connectivity index (χ1v) is 8.73. The third kappa shape index (κ3) is 2.96. The number of rotatable bonds is 3. The predicted octanol–water partition coefficient (Wildman–Crippen LogP) is 1.58. The highest BCUT2D eigenvalue weighted by molar-refractivity contribution is 6.23. The molecule has 2 heterocycles. The lowest BCUT2D eigenvalue weighted by atomic mass is 10.1. The molecule has 3 amide bonds. The molecule has 0 unspecified atom stereocenters. The van der Waals surface area contributed by atoms with Crippen LogP contribution in [0.2, 0.25) is 0 Å². The summed E-state index contributed by atoms with van der Waals surface area (Å²) >= 11 is 0. The van der Waals surface area contributed by atoms with Gasteiger partial charge in [-0.3, -0.25) is 29.1 Å². The van der Waals surface area contributed by atoms with Crippen molar-refractivity contribution < 1.29 is 14.4 Å². The first kappa shape index (κ1) is 18.2. The molecule has 0 bridgehead atoms. The first-order chi connectivity index (χ1) is 13.9. The number of para-hydroxylation sites is 1. The van der Waals surface area contributed by atoms with E-state index in [1.807, 2.05) is 30.3 Å². The molecule has 144 valence electrons. The van der Waals surface area contributed by atoms with Gasteiger partial charge in [0.2, 0.25) is 0 Å². The number of nitrogens with zero attached hydrogens (tertiary/aromatic N) is 2. The minimum Gasteiger partial charge on any atom is -0.384 e. The average Bonchev–Trinajstić information content (AvgIpc) is 3.01. The number of carbonyl (C=O) groups excluding carboxylic acids is 3. The number of amides is 3. The van der Waals surface area contributed by atoms with E-state index in [9.17, 15) is 19.2 Å². The third-order valence-electron chi connectivity index (χ3n) is 4.77. The molecule has 4 rings (SSSR count). The van der Waals surface area contributed by atoms with Crippen LogP contribution in [0.25, 0.3) is 5.69 Å². The van der Waals surface area contributed by atoms with Crippen LogP contribution in [0.3, 0.4) is 0 Å². The summed E-state index contributed by atoms with van der Waals surface area (Å²) in [5.41, 5.74) is 6.94. The molecule has 0 saturated carbocycles. The highest BCUT2D eigenvalue weighted by Crippen LogP contribution is 2.23. The van der Waals surface area contributed by atoms with E-state index in [0.717, 1.165) is 16.3 Å². The van der Waals surface area contributed by atoms with Crippen molar-refractivity contribution in [1.29, 1.82) is 0 Å². The van der Waals surface area contributed by atoms with Gasteiger partial charge in [-0.1, -0.05) is 18.2 Å². The Hall–Kier alpha value is -4.20. The lowest BCUT2D eigenvalue weighted by Crippen LogP contribution is -2.26. The maximum atomic E-state index is 12.7. The highest BCUT2D eigenvalue weighted by Gasteiger charge is 2.31. The predicted molar refractivity (Wildman–Crippen MR) is 107 cm³/mol. The Morgan fingerprint density at radius 2 is 1.62 bits per heavy atom. The Labute approximate surface area is 165 Å². The van der Waals surface area contributed by atoms with E-state index < -0.39 is 17.4 Å². The molecule has 0 saturated heterocycles. The topological polar surface area (TPSA) is 114 Å². The number of fused-ring (bicyclic) bond motifs is 1. The maximum absolute atomic E-state index is 12.7. The smallest absolute Gasteiger partial charge is 0.262 e. The van der Waals surface area contributed by atoms with Crippen molar-refractivity contribution >= 4 is 29.2 Å². The molecule has 3 aromatic rings. The summed E-state index contributed by atoms with van der Waals surface area (Å²) < 4.78 is 1.13. The SMILES string of the molecule is CN(C(=O)c1ccc(-n2c(N)c3c(cc2=O)C(=O)NC3=O)cc1)c1ccccc1. The number of benzene rings is 2. The van der Waals surface area contributed by atoms with Gasteiger partial charge in [0.1, 0.15) is 5.82 Å². The van der Waals surface area contributed by atoms with Crippen molar-refractivity contribution in [3.05, 3.63) is 87.7 Å². The van der Waals surface area contributed by atoms with Gasteiger partial charge in [0.15, 0.2) is 0 Å². The van der Waals surface area contributed by atoms with Crippen molar-refractivity contribution in [3.63, 3.8) is 0 Å². The van der Waals surface area contributed by atoms with Crippen molar-refractivity contribution in [2.24, 2.45) is 0 Å². The van der Waals surface area contributed by atoms with Crippen LogP contribution in [0, 0.1) is 0 Å². The summed E-state index contributed by atoms with van der Waals surface area (Å²) in [5, 5.41) is 2.12. The fraction of sp³-hybridized carbons (Fsp3) is 0.0476. The Balaban J connectivity index is 1.70. The molecule has 2 aromatic carbocycles. The quantitative estimate of drug-likeness (QED) is 0.661. The number of nitrogens with two attached hydrogens (primary N) is 1. The molecule has 0 radical (unpaired) electrons. The highest BCUT2D eigenvalue weighted by atomic mass is 16.2. The van der Waals surface area contributed by atoms with Crippen LogP contribution in [0.5, 0.6) is 0 Å². The van der Waals surface area contributed by atoms with Gasteiger partial charge in [0, 0.05) is 24.4 Å². The second-order valence-corrected chi connectivity index (χ2v) is 6.52. The van der Waals surface area contributed by atoms with Crippen LogP contribution in [0.4, 0.5) is 11.5 Å². The first-order valence-electron chi connectivity index (χ1n) is 8.73. The molecule has 8 nitrogen and oxygen atoms in total. The van der Waals surface area contributed by atoms with E-state index in [2.05, 4.69) is 5.32 Å². The second kappa shape index (κ2) is 6.75. The van der Waals surface area contributed by atoms with Crippen LogP contribution in [-0.2, 0) is 0 Å². The molecular weight excluding hydrogens is 372 g/mol. The summed E-state index contributed by atoms with van der Waals surface area (Å²) in [5.74, 6) is -1.64. The number of hydrogen-bond acceptors (Lipinski definition) is 5. The lowest BCUT2D eigenvalue weighted by molar-refractivity contribution is 0.0879. The lowest BCUT2D eigenvalue weighted by Gasteiger charge is -2.18. The van der Waals surface area contributed by atoms with Crippen molar-refractivity contribution in [2.45, 2.75) is 0 Å². The summed E-state index contributed by atoms with van der Waals surface area (Å²) in [4.78, 5) is 50.4. The third-order valence-corrected chi connectivity index (χ3v) is 4.77. The van der Waals surface area contributed by atoms with E-state index in [1.165, 1.54) is 4.90 Å². The van der Waals surface area contributed by atoms with Gasteiger partial charge >= 0.3 is 0 Å². The molecule has 0 spiro atoms. The van der Waals surface area contributed by atoms with Crippen molar-refractivity contribution in [1.82, 2.24) is 9.88 Å². The Morgan fingerprint density at radius 1 is 0.966 bits per heavy atom. The Morgan fingerprint density at radius 3 is 2.28 bits per heavy atom. The van der Waals surface area contributed by atoms with Gasteiger partial charge < -0.3 is 10.6 Å². The van der Waals surface area contributed by atoms with Gasteiger partial charge in [-0.05, 0) is 36.4 Å². The Kier molecular flexibility index (Phi) is 4.23. The molecule has 29 heavy (non-hydrogen) atoms. The van der Waals surface area contributed by atoms with E-state index in [0.29, 0.717) is 11.3 Å². The van der Waals surface area contributed by atoms with Gasteiger partial charge in [-0.25, -0.2) is 0 Å². The average molecular weight is 388 g/mol. The number of aromatic nitrogens is 1. The molecule has 1 aliphatic heterocycles. The molecule has 8 heteroatoms. The van der Waals surface area contributed by atoms with Crippen LogP contribution in [-0.4, -0.2) is 29.3 Å². The Bertz CT molecular complexity index is 1210. The number of carbonyl (C=O) groups is 3. The van der Waals surface area contributed by atoms with Gasteiger partial charge in [-0.2, -0.15) is 0 Å². The number of pyridine rings is 1. The fourth-order valence-electron chi connectivity index (χ4n) is 3.26. The maximum Gasteiger partial charge on any atom is 0.262 e.